The summed E-state index contributed by atoms with van der Waals surface area (Å²) >= 11 is 0. The van der Waals surface area contributed by atoms with E-state index in [-0.39, 0.29) is 35.9 Å². The molecular weight excluding hydrogens is 498 g/mol. The molecule has 0 atom stereocenters. The Morgan fingerprint density at radius 3 is 2.41 bits per heavy atom. The number of methoxy groups -OCH3 is 1. The fourth-order valence-corrected chi connectivity index (χ4v) is 5.37. The number of ketones is 1. The summed E-state index contributed by atoms with van der Waals surface area (Å²) in [6.07, 6.45) is 0.782. The SMILES string of the molecule is CNC(=O)c1cc2c(cc1N(C)C)CN(CC(=O)c1cc(N3CCCC3(O)O)c(OC)c(C(C)(C)C)c1)C2=N. The molecule has 4 rings (SSSR count). The minimum absolute atomic E-state index is 0.0428. The maximum Gasteiger partial charge on any atom is 0.253 e. The van der Waals surface area contributed by atoms with Gasteiger partial charge in [0, 0.05) is 63.0 Å². The van der Waals surface area contributed by atoms with Crippen molar-refractivity contribution in [2.24, 2.45) is 0 Å². The summed E-state index contributed by atoms with van der Waals surface area (Å²) < 4.78 is 5.75. The van der Waals surface area contributed by atoms with E-state index in [2.05, 4.69) is 5.32 Å². The molecule has 39 heavy (non-hydrogen) atoms. The highest BCUT2D eigenvalue weighted by Gasteiger charge is 2.40. The highest BCUT2D eigenvalue weighted by Crippen LogP contribution is 2.44. The van der Waals surface area contributed by atoms with E-state index in [0.717, 1.165) is 16.8 Å². The van der Waals surface area contributed by atoms with Crippen LogP contribution >= 0.6 is 0 Å². The van der Waals surface area contributed by atoms with Gasteiger partial charge in [-0.2, -0.15) is 0 Å². The van der Waals surface area contributed by atoms with Crippen molar-refractivity contribution >= 4 is 28.9 Å². The van der Waals surface area contributed by atoms with Gasteiger partial charge < -0.3 is 35.0 Å². The van der Waals surface area contributed by atoms with Crippen LogP contribution in [0.1, 0.15) is 71.0 Å². The van der Waals surface area contributed by atoms with Crippen molar-refractivity contribution in [2.75, 3.05) is 51.1 Å². The molecule has 0 bridgehead atoms. The van der Waals surface area contributed by atoms with Gasteiger partial charge in [-0.05, 0) is 41.7 Å². The number of amides is 1. The topological polar surface area (TPSA) is 129 Å². The van der Waals surface area contributed by atoms with Gasteiger partial charge in [0.15, 0.2) is 5.78 Å². The first-order valence-electron chi connectivity index (χ1n) is 13.1. The summed E-state index contributed by atoms with van der Waals surface area (Å²) in [5, 5.41) is 32.7. The highest BCUT2D eigenvalue weighted by atomic mass is 16.5. The van der Waals surface area contributed by atoms with Crippen LogP contribution in [0.4, 0.5) is 11.4 Å². The lowest BCUT2D eigenvalue weighted by atomic mass is 9.84. The second-order valence-electron chi connectivity index (χ2n) is 11.5. The van der Waals surface area contributed by atoms with Crippen molar-refractivity contribution in [3.05, 3.63) is 52.1 Å². The maximum absolute atomic E-state index is 13.7. The van der Waals surface area contributed by atoms with Gasteiger partial charge in [0.2, 0.25) is 5.91 Å². The Hall–Kier alpha value is -3.63. The predicted molar refractivity (Wildman–Crippen MR) is 151 cm³/mol. The van der Waals surface area contributed by atoms with Crippen LogP contribution in [0.15, 0.2) is 24.3 Å². The third kappa shape index (κ3) is 5.18. The number of nitrogens with one attached hydrogen (secondary N) is 2. The second-order valence-corrected chi connectivity index (χ2v) is 11.5. The average Bonchev–Trinajstić information content (AvgIpc) is 3.38. The van der Waals surface area contributed by atoms with Crippen molar-refractivity contribution in [3.8, 4) is 5.75 Å². The molecule has 2 aliphatic heterocycles. The van der Waals surface area contributed by atoms with Crippen molar-refractivity contribution in [3.63, 3.8) is 0 Å². The van der Waals surface area contributed by atoms with Crippen LogP contribution in [-0.4, -0.2) is 79.9 Å². The van der Waals surface area contributed by atoms with Gasteiger partial charge in [0.25, 0.3) is 5.91 Å². The van der Waals surface area contributed by atoms with Crippen molar-refractivity contribution in [1.82, 2.24) is 10.2 Å². The van der Waals surface area contributed by atoms with E-state index in [1.165, 1.54) is 4.90 Å². The standard InChI is InChI=1S/C29H39N5O5/c1-28(2,3)21-11-17(12-23(25(21)39-7)34-10-8-9-29(34,37)38)24(35)16-33-15-18-13-22(32(5)6)20(27(36)31-4)14-19(18)26(33)30/h11-14,30,37-38H,8-10,15-16H2,1-7H3,(H,31,36). The third-order valence-electron chi connectivity index (χ3n) is 7.46. The van der Waals surface area contributed by atoms with E-state index >= 15 is 0 Å². The molecule has 10 nitrogen and oxygen atoms in total. The average molecular weight is 538 g/mol. The number of hydrogen-bond acceptors (Lipinski definition) is 8. The fourth-order valence-electron chi connectivity index (χ4n) is 5.37. The van der Waals surface area contributed by atoms with Crippen LogP contribution in [0.5, 0.6) is 5.75 Å². The van der Waals surface area contributed by atoms with Gasteiger partial charge >= 0.3 is 0 Å². The number of benzene rings is 2. The van der Waals surface area contributed by atoms with Crippen LogP contribution in [0.25, 0.3) is 0 Å². The summed E-state index contributed by atoms with van der Waals surface area (Å²) in [5.41, 5.74) is 3.96. The summed E-state index contributed by atoms with van der Waals surface area (Å²) in [4.78, 5) is 31.3. The van der Waals surface area contributed by atoms with Crippen molar-refractivity contribution in [1.29, 1.82) is 5.41 Å². The van der Waals surface area contributed by atoms with E-state index in [4.69, 9.17) is 10.1 Å². The molecule has 1 saturated heterocycles. The molecule has 0 radical (unpaired) electrons. The first-order chi connectivity index (χ1) is 18.2. The number of carbonyl (C=O) groups is 2. The number of hydrogen-bond donors (Lipinski definition) is 4. The predicted octanol–water partition coefficient (Wildman–Crippen LogP) is 2.68. The minimum Gasteiger partial charge on any atom is -0.494 e. The summed E-state index contributed by atoms with van der Waals surface area (Å²) in [6, 6.07) is 7.08. The van der Waals surface area contributed by atoms with Gasteiger partial charge in [-0.3, -0.25) is 15.0 Å². The number of ether oxygens (including phenoxy) is 1. The van der Waals surface area contributed by atoms with E-state index in [9.17, 15) is 19.8 Å². The Balaban J connectivity index is 1.70. The van der Waals surface area contributed by atoms with Gasteiger partial charge in [-0.1, -0.05) is 20.8 Å². The molecule has 0 saturated carbocycles. The van der Waals surface area contributed by atoms with Gasteiger partial charge in [0.05, 0.1) is 24.9 Å². The number of anilines is 2. The highest BCUT2D eigenvalue weighted by molar-refractivity contribution is 6.08. The van der Waals surface area contributed by atoms with Gasteiger partial charge in [-0.15, -0.1) is 0 Å². The van der Waals surface area contributed by atoms with E-state index in [1.807, 2.05) is 45.8 Å². The number of nitrogens with zero attached hydrogens (tertiary/aromatic N) is 3. The van der Waals surface area contributed by atoms with Crippen molar-refractivity contribution < 1.29 is 24.5 Å². The van der Waals surface area contributed by atoms with Gasteiger partial charge in [-0.25, -0.2) is 0 Å². The zero-order chi connectivity index (χ0) is 28.9. The molecular formula is C29H39N5O5. The molecule has 10 heteroatoms. The Labute approximate surface area is 229 Å². The zero-order valence-corrected chi connectivity index (χ0v) is 23.8. The summed E-state index contributed by atoms with van der Waals surface area (Å²) in [5.74, 6) is -1.79. The first-order valence-corrected chi connectivity index (χ1v) is 13.1. The molecule has 0 aromatic heterocycles. The van der Waals surface area contributed by atoms with Crippen LogP contribution in [0.3, 0.4) is 0 Å². The molecule has 1 amide bonds. The number of carbonyl (C=O) groups excluding carboxylic acids is 2. The Kier molecular flexibility index (Phi) is 7.39. The Bertz CT molecular complexity index is 1330. The first kappa shape index (κ1) is 28.4. The van der Waals surface area contributed by atoms with Crippen LogP contribution < -0.4 is 19.9 Å². The summed E-state index contributed by atoms with van der Waals surface area (Å²) in [7, 11) is 6.83. The Morgan fingerprint density at radius 2 is 1.87 bits per heavy atom. The molecule has 2 aromatic rings. The monoisotopic (exact) mass is 537 g/mol. The number of rotatable bonds is 7. The smallest absolute Gasteiger partial charge is 0.253 e. The molecule has 0 spiro atoms. The maximum atomic E-state index is 13.7. The van der Waals surface area contributed by atoms with Crippen LogP contribution in [0, 0.1) is 5.41 Å². The quantitative estimate of drug-likeness (QED) is 0.313. The van der Waals surface area contributed by atoms with E-state index in [0.29, 0.717) is 47.6 Å². The number of Topliss-reactive ketones (excluding diaryl/α,β-unsaturated/α-hetero) is 1. The molecule has 1 fully saturated rings. The molecule has 2 heterocycles. The largest absolute Gasteiger partial charge is 0.494 e. The molecule has 4 N–H and O–H groups in total. The lowest BCUT2D eigenvalue weighted by molar-refractivity contribution is -0.149. The summed E-state index contributed by atoms with van der Waals surface area (Å²) in [6.45, 7) is 6.77. The normalized spacial score (nSPS) is 16.4. The van der Waals surface area contributed by atoms with Crippen LogP contribution in [-0.2, 0) is 12.0 Å². The molecule has 0 unspecified atom stereocenters. The molecule has 2 aromatic carbocycles. The number of aliphatic hydroxyl groups is 2. The van der Waals surface area contributed by atoms with Gasteiger partial charge in [0.1, 0.15) is 11.6 Å². The van der Waals surface area contributed by atoms with E-state index in [1.54, 1.807) is 37.3 Å². The minimum atomic E-state index is -2.03. The second kappa shape index (κ2) is 10.2. The Morgan fingerprint density at radius 1 is 1.18 bits per heavy atom. The van der Waals surface area contributed by atoms with Crippen LogP contribution in [0.2, 0.25) is 0 Å². The molecule has 0 aliphatic carbocycles. The molecule has 210 valence electrons. The lowest BCUT2D eigenvalue weighted by Crippen LogP contribution is -2.44. The zero-order valence-electron chi connectivity index (χ0n) is 23.8. The van der Waals surface area contributed by atoms with Crippen molar-refractivity contribution in [2.45, 2.75) is 51.5 Å². The lowest BCUT2D eigenvalue weighted by Gasteiger charge is -2.34. The van der Waals surface area contributed by atoms with E-state index < -0.39 is 5.91 Å². The third-order valence-corrected chi connectivity index (χ3v) is 7.46. The number of amidine groups is 1. The number of fused-ring (bicyclic) bond motifs is 1. The molecule has 2 aliphatic rings. The fraction of sp³-hybridized carbons (Fsp3) is 0.483.